The summed E-state index contributed by atoms with van der Waals surface area (Å²) < 4.78 is 40.5. The van der Waals surface area contributed by atoms with Gasteiger partial charge in [-0.05, 0) is 24.3 Å². The van der Waals surface area contributed by atoms with Crippen LogP contribution in [0.2, 0.25) is 5.02 Å². The predicted octanol–water partition coefficient (Wildman–Crippen LogP) is 3.39. The van der Waals surface area contributed by atoms with Gasteiger partial charge in [-0.1, -0.05) is 11.6 Å². The van der Waals surface area contributed by atoms with E-state index >= 15 is 0 Å². The molecule has 29 heavy (non-hydrogen) atoms. The van der Waals surface area contributed by atoms with Crippen LogP contribution in [0.3, 0.4) is 0 Å². The highest BCUT2D eigenvalue weighted by Gasteiger charge is 2.22. The van der Waals surface area contributed by atoms with Crippen molar-refractivity contribution in [3.63, 3.8) is 0 Å². The highest BCUT2D eigenvalue weighted by atomic mass is 35.5. The van der Waals surface area contributed by atoms with Crippen LogP contribution in [0.1, 0.15) is 10.4 Å². The van der Waals surface area contributed by atoms with Crippen LogP contribution in [0, 0.1) is 11.3 Å². The molecule has 0 saturated heterocycles. The van der Waals surface area contributed by atoms with Crippen molar-refractivity contribution >= 4 is 33.1 Å². The molecule has 0 saturated carbocycles. The predicted molar refractivity (Wildman–Crippen MR) is 107 cm³/mol. The number of nitriles is 1. The SMILES string of the molecule is COC(=O)c1cc(OC)c(OC)cc1N/C=C(\C#N)S(=O)(=O)c1ccc(Cl)cc1. The van der Waals surface area contributed by atoms with Gasteiger partial charge in [-0.25, -0.2) is 13.2 Å². The number of anilines is 1. The fraction of sp³-hybridized carbons (Fsp3) is 0.158. The van der Waals surface area contributed by atoms with Crippen molar-refractivity contribution in [1.29, 1.82) is 5.26 Å². The third-order valence-electron chi connectivity index (χ3n) is 3.81. The van der Waals surface area contributed by atoms with Crippen molar-refractivity contribution < 1.29 is 27.4 Å². The monoisotopic (exact) mass is 436 g/mol. The van der Waals surface area contributed by atoms with Gasteiger partial charge in [0, 0.05) is 23.4 Å². The maximum atomic E-state index is 12.7. The van der Waals surface area contributed by atoms with E-state index in [1.807, 2.05) is 0 Å². The molecule has 2 aromatic rings. The first-order valence-corrected chi connectivity index (χ1v) is 9.86. The lowest BCUT2D eigenvalue weighted by molar-refractivity contribution is 0.0601. The molecular weight excluding hydrogens is 420 g/mol. The van der Waals surface area contributed by atoms with Crippen molar-refractivity contribution in [3.8, 4) is 17.6 Å². The fourth-order valence-electron chi connectivity index (χ4n) is 2.33. The molecule has 0 radical (unpaired) electrons. The van der Waals surface area contributed by atoms with Gasteiger partial charge in [0.1, 0.15) is 6.07 Å². The molecule has 0 fully saturated rings. The van der Waals surface area contributed by atoms with Gasteiger partial charge < -0.3 is 19.5 Å². The van der Waals surface area contributed by atoms with Gasteiger partial charge in [0.15, 0.2) is 16.4 Å². The Balaban J connectivity index is 2.51. The molecule has 0 aromatic heterocycles. The molecule has 0 amide bonds. The number of esters is 1. The van der Waals surface area contributed by atoms with E-state index in [0.29, 0.717) is 5.02 Å². The minimum Gasteiger partial charge on any atom is -0.493 e. The smallest absolute Gasteiger partial charge is 0.340 e. The summed E-state index contributed by atoms with van der Waals surface area (Å²) in [5.41, 5.74) is 0.219. The highest BCUT2D eigenvalue weighted by molar-refractivity contribution is 7.95. The molecule has 0 aliphatic rings. The second kappa shape index (κ2) is 9.32. The Kier molecular flexibility index (Phi) is 7.09. The summed E-state index contributed by atoms with van der Waals surface area (Å²) in [6.07, 6.45) is 0.984. The van der Waals surface area contributed by atoms with Crippen LogP contribution in [-0.4, -0.2) is 35.7 Å². The van der Waals surface area contributed by atoms with Gasteiger partial charge in [-0.2, -0.15) is 5.26 Å². The molecular formula is C19H17ClN2O6S. The summed E-state index contributed by atoms with van der Waals surface area (Å²) in [5, 5.41) is 12.4. The van der Waals surface area contributed by atoms with E-state index in [1.54, 1.807) is 6.07 Å². The summed E-state index contributed by atoms with van der Waals surface area (Å²) in [6, 6.07) is 9.83. The van der Waals surface area contributed by atoms with Gasteiger partial charge in [-0.15, -0.1) is 0 Å². The maximum absolute atomic E-state index is 12.7. The number of hydrogen-bond acceptors (Lipinski definition) is 8. The van der Waals surface area contributed by atoms with E-state index < -0.39 is 20.7 Å². The van der Waals surface area contributed by atoms with Crippen LogP contribution in [0.25, 0.3) is 0 Å². The Morgan fingerprint density at radius 1 is 1.10 bits per heavy atom. The number of nitrogens with one attached hydrogen (secondary N) is 1. The zero-order valence-corrected chi connectivity index (χ0v) is 17.3. The second-order valence-corrected chi connectivity index (χ2v) is 7.82. The average molecular weight is 437 g/mol. The van der Waals surface area contributed by atoms with Crippen molar-refractivity contribution in [2.75, 3.05) is 26.6 Å². The van der Waals surface area contributed by atoms with E-state index in [9.17, 15) is 18.5 Å². The maximum Gasteiger partial charge on any atom is 0.340 e. The molecule has 152 valence electrons. The third-order valence-corrected chi connectivity index (χ3v) is 5.74. The lowest BCUT2D eigenvalue weighted by Crippen LogP contribution is -2.09. The average Bonchev–Trinajstić information content (AvgIpc) is 2.73. The van der Waals surface area contributed by atoms with Crippen molar-refractivity contribution in [2.24, 2.45) is 0 Å². The number of carbonyl (C=O) groups is 1. The number of benzene rings is 2. The Bertz CT molecular complexity index is 1090. The number of sulfone groups is 1. The molecule has 8 nitrogen and oxygen atoms in total. The number of ether oxygens (including phenoxy) is 3. The second-order valence-electron chi connectivity index (χ2n) is 5.47. The van der Waals surface area contributed by atoms with E-state index in [0.717, 1.165) is 6.20 Å². The van der Waals surface area contributed by atoms with E-state index in [2.05, 4.69) is 5.32 Å². The van der Waals surface area contributed by atoms with Crippen LogP contribution in [0.5, 0.6) is 11.5 Å². The van der Waals surface area contributed by atoms with Crippen LogP contribution >= 0.6 is 11.6 Å². The van der Waals surface area contributed by atoms with Crippen molar-refractivity contribution in [3.05, 3.63) is 58.1 Å². The largest absolute Gasteiger partial charge is 0.493 e. The Morgan fingerprint density at radius 3 is 2.21 bits per heavy atom. The molecule has 10 heteroatoms. The number of nitrogens with zero attached hydrogens (tertiary/aromatic N) is 1. The van der Waals surface area contributed by atoms with E-state index in [1.165, 1.54) is 57.7 Å². The number of carbonyl (C=O) groups excluding carboxylic acids is 1. The van der Waals surface area contributed by atoms with Crippen molar-refractivity contribution in [2.45, 2.75) is 4.90 Å². The van der Waals surface area contributed by atoms with Gasteiger partial charge in [0.2, 0.25) is 9.84 Å². The number of allylic oxidation sites excluding steroid dienone is 1. The molecule has 0 atom stereocenters. The Morgan fingerprint density at radius 2 is 1.69 bits per heavy atom. The summed E-state index contributed by atoms with van der Waals surface area (Å²) in [7, 11) is -0.0948. The van der Waals surface area contributed by atoms with E-state index in [-0.39, 0.29) is 27.6 Å². The number of rotatable bonds is 7. The zero-order valence-electron chi connectivity index (χ0n) is 15.7. The minimum atomic E-state index is -4.10. The van der Waals surface area contributed by atoms with E-state index in [4.69, 9.17) is 25.8 Å². The summed E-state index contributed by atoms with van der Waals surface area (Å²) in [5.74, 6) is -0.132. The Labute approximate surface area is 173 Å². The standard InChI is InChI=1S/C19H17ClN2O6S/c1-26-17-8-15(19(23)28-3)16(9-18(17)27-2)22-11-14(10-21)29(24,25)13-6-4-12(20)5-7-13/h4-9,11,22H,1-3H3/b14-11+. The molecule has 0 bridgehead atoms. The molecule has 0 unspecified atom stereocenters. The fourth-order valence-corrected chi connectivity index (χ4v) is 3.54. The zero-order chi connectivity index (χ0) is 21.6. The first-order valence-electron chi connectivity index (χ1n) is 8.00. The quantitative estimate of drug-likeness (QED) is 0.518. The van der Waals surface area contributed by atoms with Crippen molar-refractivity contribution in [1.82, 2.24) is 0 Å². The topological polar surface area (TPSA) is 115 Å². The van der Waals surface area contributed by atoms with Crippen LogP contribution in [0.15, 0.2) is 52.4 Å². The van der Waals surface area contributed by atoms with Gasteiger partial charge in [-0.3, -0.25) is 0 Å². The molecule has 2 aromatic carbocycles. The molecule has 0 aliphatic heterocycles. The molecule has 1 N–H and O–H groups in total. The van der Waals surface area contributed by atoms with Gasteiger partial charge >= 0.3 is 5.97 Å². The van der Waals surface area contributed by atoms with Crippen LogP contribution < -0.4 is 14.8 Å². The number of hydrogen-bond donors (Lipinski definition) is 1. The first kappa shape index (κ1) is 22.1. The van der Waals surface area contributed by atoms with Gasteiger partial charge in [0.25, 0.3) is 0 Å². The summed E-state index contributed by atoms with van der Waals surface area (Å²) in [6.45, 7) is 0. The number of methoxy groups -OCH3 is 3. The van der Waals surface area contributed by atoms with Crippen LogP contribution in [0.4, 0.5) is 5.69 Å². The minimum absolute atomic E-state index is 0.0579. The molecule has 0 heterocycles. The number of halogens is 1. The normalized spacial score (nSPS) is 11.3. The Hall–Kier alpha value is -3.22. The molecule has 0 aliphatic carbocycles. The molecule has 2 rings (SSSR count). The summed E-state index contributed by atoms with van der Waals surface area (Å²) >= 11 is 5.78. The summed E-state index contributed by atoms with van der Waals surface area (Å²) in [4.78, 5) is 11.4. The molecule has 0 spiro atoms. The lowest BCUT2D eigenvalue weighted by Gasteiger charge is -2.14. The highest BCUT2D eigenvalue weighted by Crippen LogP contribution is 2.34. The third kappa shape index (κ3) is 4.80. The lowest BCUT2D eigenvalue weighted by atomic mass is 10.1. The van der Waals surface area contributed by atoms with Crippen LogP contribution in [-0.2, 0) is 14.6 Å². The first-order chi connectivity index (χ1) is 13.8. The van der Waals surface area contributed by atoms with Gasteiger partial charge in [0.05, 0.1) is 37.5 Å².